The Hall–Kier alpha value is -2.16. The minimum atomic E-state index is -3.55. The number of rotatable bonds is 3. The smallest absolute Gasteiger partial charge is 0.305 e. The summed E-state index contributed by atoms with van der Waals surface area (Å²) in [6.45, 7) is 0.970. The predicted molar refractivity (Wildman–Crippen MR) is 104 cm³/mol. The summed E-state index contributed by atoms with van der Waals surface area (Å²) >= 11 is 1.02. The Morgan fingerprint density at radius 3 is 2.46 bits per heavy atom. The maximum Gasteiger partial charge on any atom is 0.305 e. The molecule has 1 aliphatic heterocycles. The number of sulfonamides is 1. The first-order chi connectivity index (χ1) is 12.4. The van der Waals surface area contributed by atoms with Gasteiger partial charge in [-0.2, -0.15) is 4.31 Å². The molecule has 6 nitrogen and oxygen atoms in total. The van der Waals surface area contributed by atoms with E-state index in [0.717, 1.165) is 29.9 Å². The van der Waals surface area contributed by atoms with Crippen molar-refractivity contribution in [3.05, 3.63) is 57.7 Å². The van der Waals surface area contributed by atoms with Gasteiger partial charge in [-0.25, -0.2) is 8.42 Å². The molecule has 26 heavy (non-hydrogen) atoms. The van der Waals surface area contributed by atoms with E-state index in [1.165, 1.54) is 9.87 Å². The van der Waals surface area contributed by atoms with Gasteiger partial charge in [0.15, 0.2) is 0 Å². The van der Waals surface area contributed by atoms with Crippen LogP contribution in [0.1, 0.15) is 24.3 Å². The molecule has 1 aromatic heterocycles. The topological polar surface area (TPSA) is 96.3 Å². The minimum absolute atomic E-state index is 0.182. The SMILES string of the molecule is Nc1ccc(C2CCN(S(=O)(=O)c3ccc4[nH]c(=O)sc4c3)CC2)cc1. The van der Waals surface area contributed by atoms with Crippen LogP contribution in [-0.2, 0) is 10.0 Å². The Morgan fingerprint density at radius 1 is 1.08 bits per heavy atom. The van der Waals surface area contributed by atoms with Crippen molar-refractivity contribution in [3.63, 3.8) is 0 Å². The molecular formula is C18H19N3O3S2. The summed E-state index contributed by atoms with van der Waals surface area (Å²) in [6.07, 6.45) is 1.56. The fourth-order valence-electron chi connectivity index (χ4n) is 3.43. The van der Waals surface area contributed by atoms with Crippen molar-refractivity contribution in [3.8, 4) is 0 Å². The normalized spacial score (nSPS) is 16.9. The number of nitrogens with zero attached hydrogens (tertiary/aromatic N) is 1. The third kappa shape index (κ3) is 3.15. The Balaban J connectivity index is 1.53. The van der Waals surface area contributed by atoms with Crippen LogP contribution in [0.5, 0.6) is 0 Å². The summed E-state index contributed by atoms with van der Waals surface area (Å²) < 4.78 is 28.1. The van der Waals surface area contributed by atoms with Crippen LogP contribution in [0.4, 0.5) is 5.69 Å². The number of thiazole rings is 1. The van der Waals surface area contributed by atoms with Gasteiger partial charge < -0.3 is 10.7 Å². The van der Waals surface area contributed by atoms with Gasteiger partial charge in [0.05, 0.1) is 15.1 Å². The number of piperidine rings is 1. The third-order valence-corrected chi connectivity index (χ3v) is 7.63. The van der Waals surface area contributed by atoms with Crippen LogP contribution >= 0.6 is 11.3 Å². The highest BCUT2D eigenvalue weighted by Gasteiger charge is 2.30. The van der Waals surface area contributed by atoms with Gasteiger partial charge in [-0.15, -0.1) is 0 Å². The van der Waals surface area contributed by atoms with Gasteiger partial charge >= 0.3 is 4.87 Å². The van der Waals surface area contributed by atoms with Crippen molar-refractivity contribution in [2.75, 3.05) is 18.8 Å². The van der Waals surface area contributed by atoms with Gasteiger partial charge in [0.25, 0.3) is 0 Å². The quantitative estimate of drug-likeness (QED) is 0.673. The van der Waals surface area contributed by atoms with E-state index < -0.39 is 10.0 Å². The molecule has 2 heterocycles. The Kier molecular flexibility index (Phi) is 4.34. The minimum Gasteiger partial charge on any atom is -0.399 e. The summed E-state index contributed by atoms with van der Waals surface area (Å²) in [7, 11) is -3.55. The molecule has 0 atom stereocenters. The zero-order chi connectivity index (χ0) is 18.3. The van der Waals surface area contributed by atoms with E-state index in [4.69, 9.17) is 5.73 Å². The molecule has 0 radical (unpaired) electrons. The third-order valence-electron chi connectivity index (χ3n) is 4.89. The van der Waals surface area contributed by atoms with E-state index in [1.807, 2.05) is 24.3 Å². The zero-order valence-electron chi connectivity index (χ0n) is 14.0. The second-order valence-electron chi connectivity index (χ2n) is 6.52. The lowest BCUT2D eigenvalue weighted by atomic mass is 9.90. The molecule has 0 amide bonds. The molecule has 3 aromatic rings. The van der Waals surface area contributed by atoms with Gasteiger partial charge in [-0.3, -0.25) is 4.79 Å². The summed E-state index contributed by atoms with van der Waals surface area (Å²) in [5.41, 5.74) is 8.34. The highest BCUT2D eigenvalue weighted by molar-refractivity contribution is 7.89. The van der Waals surface area contributed by atoms with E-state index in [0.29, 0.717) is 29.2 Å². The molecule has 0 aliphatic carbocycles. The molecule has 3 N–H and O–H groups in total. The van der Waals surface area contributed by atoms with Crippen LogP contribution in [0.25, 0.3) is 10.2 Å². The number of nitrogens with two attached hydrogens (primary N) is 1. The second-order valence-corrected chi connectivity index (χ2v) is 9.47. The lowest BCUT2D eigenvalue weighted by Crippen LogP contribution is -2.37. The van der Waals surface area contributed by atoms with Crippen LogP contribution in [0.3, 0.4) is 0 Å². The molecule has 0 spiro atoms. The number of nitrogens with one attached hydrogen (secondary N) is 1. The zero-order valence-corrected chi connectivity index (χ0v) is 15.6. The molecule has 0 saturated carbocycles. The average Bonchev–Trinajstić information content (AvgIpc) is 3.01. The molecule has 1 aliphatic rings. The first-order valence-electron chi connectivity index (χ1n) is 8.42. The molecule has 4 rings (SSSR count). The first kappa shape index (κ1) is 17.3. The number of hydrogen-bond acceptors (Lipinski definition) is 5. The number of hydrogen-bond donors (Lipinski definition) is 2. The highest BCUT2D eigenvalue weighted by Crippen LogP contribution is 2.31. The van der Waals surface area contributed by atoms with E-state index in [9.17, 15) is 13.2 Å². The molecule has 2 aromatic carbocycles. The van der Waals surface area contributed by atoms with Gasteiger partial charge in [0.2, 0.25) is 10.0 Å². The van der Waals surface area contributed by atoms with Crippen LogP contribution in [-0.4, -0.2) is 30.8 Å². The molecule has 1 fully saturated rings. The number of nitrogen functional groups attached to an aromatic ring is 1. The van der Waals surface area contributed by atoms with E-state index in [-0.39, 0.29) is 9.77 Å². The van der Waals surface area contributed by atoms with Crippen LogP contribution in [0.2, 0.25) is 0 Å². The maximum absolute atomic E-state index is 13.0. The number of benzene rings is 2. The summed E-state index contributed by atoms with van der Waals surface area (Å²) in [6, 6.07) is 12.6. The van der Waals surface area contributed by atoms with Gasteiger partial charge in [0.1, 0.15) is 0 Å². The fourth-order valence-corrected chi connectivity index (χ4v) is 5.78. The number of fused-ring (bicyclic) bond motifs is 1. The summed E-state index contributed by atoms with van der Waals surface area (Å²) in [5, 5.41) is 0. The molecule has 1 saturated heterocycles. The largest absolute Gasteiger partial charge is 0.399 e. The second kappa shape index (κ2) is 6.53. The van der Waals surface area contributed by atoms with E-state index in [2.05, 4.69) is 4.98 Å². The Bertz CT molecular complexity index is 1090. The van der Waals surface area contributed by atoms with Crippen molar-refractivity contribution in [1.29, 1.82) is 0 Å². The van der Waals surface area contributed by atoms with Crippen molar-refractivity contribution in [1.82, 2.24) is 9.29 Å². The maximum atomic E-state index is 13.0. The van der Waals surface area contributed by atoms with E-state index >= 15 is 0 Å². The van der Waals surface area contributed by atoms with Crippen molar-refractivity contribution < 1.29 is 8.42 Å². The van der Waals surface area contributed by atoms with E-state index in [1.54, 1.807) is 18.2 Å². The summed E-state index contributed by atoms with van der Waals surface area (Å²) in [5.74, 6) is 0.347. The lowest BCUT2D eigenvalue weighted by Gasteiger charge is -2.31. The monoisotopic (exact) mass is 389 g/mol. The standard InChI is InChI=1S/C18H19N3O3S2/c19-14-3-1-12(2-4-14)13-7-9-21(10-8-13)26(23,24)15-5-6-16-17(11-15)25-18(22)20-16/h1-6,11,13H,7-10,19H2,(H,20,22). The van der Waals surface area contributed by atoms with Crippen molar-refractivity contribution in [2.24, 2.45) is 0 Å². The van der Waals surface area contributed by atoms with Crippen LogP contribution in [0.15, 0.2) is 52.2 Å². The predicted octanol–water partition coefficient (Wildman–Crippen LogP) is 2.74. The summed E-state index contributed by atoms with van der Waals surface area (Å²) in [4.78, 5) is 14.2. The Labute approximate surface area is 155 Å². The van der Waals surface area contributed by atoms with Crippen molar-refractivity contribution >= 4 is 37.3 Å². The number of anilines is 1. The van der Waals surface area contributed by atoms with Crippen LogP contribution < -0.4 is 10.6 Å². The lowest BCUT2D eigenvalue weighted by molar-refractivity contribution is 0.319. The Morgan fingerprint density at radius 2 is 1.77 bits per heavy atom. The average molecular weight is 390 g/mol. The van der Waals surface area contributed by atoms with Gasteiger partial charge in [-0.1, -0.05) is 23.5 Å². The molecular weight excluding hydrogens is 370 g/mol. The molecule has 136 valence electrons. The molecule has 8 heteroatoms. The number of H-pyrrole nitrogens is 1. The highest BCUT2D eigenvalue weighted by atomic mass is 32.2. The van der Waals surface area contributed by atoms with Gasteiger partial charge in [-0.05, 0) is 54.7 Å². The van der Waals surface area contributed by atoms with Gasteiger partial charge in [0, 0.05) is 18.8 Å². The number of aromatic amines is 1. The molecule has 0 bridgehead atoms. The van der Waals surface area contributed by atoms with Crippen LogP contribution in [0, 0.1) is 0 Å². The first-order valence-corrected chi connectivity index (χ1v) is 10.7. The van der Waals surface area contributed by atoms with Crippen molar-refractivity contribution in [2.45, 2.75) is 23.7 Å². The molecule has 0 unspecified atom stereocenters. The fraction of sp³-hybridized carbons (Fsp3) is 0.278. The number of aromatic nitrogens is 1.